The van der Waals surface area contributed by atoms with Gasteiger partial charge in [-0.05, 0) is 79.6 Å². The minimum absolute atomic E-state index is 0.365. The molecule has 43 heavy (non-hydrogen) atoms. The molecule has 1 fully saturated rings. The second-order valence-corrected chi connectivity index (χ2v) is 12.7. The Morgan fingerprint density at radius 2 is 1.00 bits per heavy atom. The molecule has 1 saturated carbocycles. The van der Waals surface area contributed by atoms with E-state index in [1.807, 2.05) is 36.4 Å². The maximum absolute atomic E-state index is 12.6. The summed E-state index contributed by atoms with van der Waals surface area (Å²) in [5.74, 6) is 3.58. The Kier molecular flexibility index (Phi) is 18.0. The van der Waals surface area contributed by atoms with Crippen LogP contribution >= 0.6 is 0 Å². The molecule has 2 atom stereocenters. The van der Waals surface area contributed by atoms with Gasteiger partial charge in [-0.25, -0.2) is 4.79 Å². The molecule has 0 spiro atoms. The minimum Gasteiger partial charge on any atom is -0.494 e. The van der Waals surface area contributed by atoms with Crippen LogP contribution in [0.15, 0.2) is 48.5 Å². The monoisotopic (exact) mass is 592 g/mol. The highest BCUT2D eigenvalue weighted by molar-refractivity contribution is 5.91. The van der Waals surface area contributed by atoms with Gasteiger partial charge in [0.2, 0.25) is 0 Å². The first-order valence-electron chi connectivity index (χ1n) is 17.9. The Bertz CT molecular complexity index is 968. The van der Waals surface area contributed by atoms with E-state index in [0.717, 1.165) is 42.8 Å². The van der Waals surface area contributed by atoms with Gasteiger partial charge in [0.25, 0.3) is 0 Å². The Labute approximate surface area is 263 Å². The second kappa shape index (κ2) is 22.1. The highest BCUT2D eigenvalue weighted by Crippen LogP contribution is 2.36. The van der Waals surface area contributed by atoms with Crippen molar-refractivity contribution < 1.29 is 19.0 Å². The zero-order chi connectivity index (χ0) is 30.4. The van der Waals surface area contributed by atoms with E-state index in [-0.39, 0.29) is 5.97 Å². The van der Waals surface area contributed by atoms with E-state index in [1.54, 1.807) is 12.1 Å². The van der Waals surface area contributed by atoms with Gasteiger partial charge in [0.1, 0.15) is 17.2 Å². The number of benzene rings is 2. The predicted molar refractivity (Wildman–Crippen MR) is 180 cm³/mol. The van der Waals surface area contributed by atoms with Crippen molar-refractivity contribution in [2.24, 2.45) is 11.8 Å². The third-order valence-corrected chi connectivity index (χ3v) is 9.12. The van der Waals surface area contributed by atoms with Crippen LogP contribution in [-0.2, 0) is 0 Å². The lowest BCUT2D eigenvalue weighted by Gasteiger charge is -2.31. The number of carbonyl (C=O) groups is 1. The summed E-state index contributed by atoms with van der Waals surface area (Å²) < 4.78 is 17.5. The molecule has 0 aliphatic heterocycles. The van der Waals surface area contributed by atoms with E-state index >= 15 is 0 Å². The van der Waals surface area contributed by atoms with Crippen molar-refractivity contribution >= 4 is 5.97 Å². The third kappa shape index (κ3) is 14.7. The molecule has 240 valence electrons. The number of hydrogen-bond acceptors (Lipinski definition) is 4. The summed E-state index contributed by atoms with van der Waals surface area (Å²) in [5.41, 5.74) is 0.515. The smallest absolute Gasteiger partial charge is 0.343 e. The van der Waals surface area contributed by atoms with Crippen molar-refractivity contribution in [1.29, 1.82) is 0 Å². The molecule has 0 heterocycles. The summed E-state index contributed by atoms with van der Waals surface area (Å²) in [5, 5.41) is 0. The third-order valence-electron chi connectivity index (χ3n) is 9.12. The van der Waals surface area contributed by atoms with E-state index in [0.29, 0.717) is 17.9 Å². The zero-order valence-corrected chi connectivity index (χ0v) is 27.5. The van der Waals surface area contributed by atoms with E-state index in [2.05, 4.69) is 13.8 Å². The highest BCUT2D eigenvalue weighted by atomic mass is 16.5. The first kappa shape index (κ1) is 35.0. The predicted octanol–water partition coefficient (Wildman–Crippen LogP) is 11.8. The van der Waals surface area contributed by atoms with Crippen LogP contribution in [0.1, 0.15) is 153 Å². The first-order valence-corrected chi connectivity index (χ1v) is 17.9. The lowest BCUT2D eigenvalue weighted by Crippen LogP contribution is -2.20. The summed E-state index contributed by atoms with van der Waals surface area (Å²) in [6, 6.07) is 14.6. The van der Waals surface area contributed by atoms with Crippen LogP contribution in [0.3, 0.4) is 0 Å². The highest BCUT2D eigenvalue weighted by Gasteiger charge is 2.24. The normalized spacial score (nSPS) is 16.6. The molecule has 2 aromatic carbocycles. The van der Waals surface area contributed by atoms with Crippen LogP contribution in [0.4, 0.5) is 0 Å². The fourth-order valence-corrected chi connectivity index (χ4v) is 6.47. The fraction of sp³-hybridized carbons (Fsp3) is 0.667. The summed E-state index contributed by atoms with van der Waals surface area (Å²) in [4.78, 5) is 12.6. The molecule has 3 rings (SSSR count). The molecule has 2 aromatic rings. The van der Waals surface area contributed by atoms with Crippen molar-refractivity contribution in [3.05, 3.63) is 54.1 Å². The summed E-state index contributed by atoms with van der Waals surface area (Å²) in [6.45, 7) is 6.00. The lowest BCUT2D eigenvalue weighted by molar-refractivity contribution is 0.0734. The molecule has 0 aromatic heterocycles. The maximum atomic E-state index is 12.6. The Balaban J connectivity index is 1.29. The van der Waals surface area contributed by atoms with Crippen molar-refractivity contribution in [1.82, 2.24) is 0 Å². The average molecular weight is 593 g/mol. The van der Waals surface area contributed by atoms with Crippen molar-refractivity contribution in [2.45, 2.75) is 142 Å². The van der Waals surface area contributed by atoms with Crippen LogP contribution in [0.2, 0.25) is 0 Å². The molecule has 1 aliphatic carbocycles. The summed E-state index contributed by atoms with van der Waals surface area (Å²) in [6.07, 6.45) is 26.6. The molecule has 4 heteroatoms. The molecular formula is C39H60O4. The minimum atomic E-state index is -0.365. The zero-order valence-electron chi connectivity index (χ0n) is 27.5. The van der Waals surface area contributed by atoms with E-state index in [9.17, 15) is 4.79 Å². The number of ether oxygens (including phenoxy) is 3. The molecular weight excluding hydrogens is 532 g/mol. The van der Waals surface area contributed by atoms with Gasteiger partial charge in [0.15, 0.2) is 0 Å². The van der Waals surface area contributed by atoms with Gasteiger partial charge in [-0.3, -0.25) is 0 Å². The standard InChI is InChI=1S/C39H60O4/c1-3-5-7-9-10-11-13-17-31-41-36-25-23-35(24-26-36)39(40)43-38-29-27-37(28-30-38)42-32-18-22-34-21-16-15-20-33(34)19-14-12-8-6-4-2/h23-30,33-34H,3-22,31-32H2,1-2H3. The molecule has 0 amide bonds. The van der Waals surface area contributed by atoms with Crippen LogP contribution in [0.5, 0.6) is 17.2 Å². The number of unbranched alkanes of at least 4 members (excludes halogenated alkanes) is 11. The van der Waals surface area contributed by atoms with Crippen molar-refractivity contribution in [2.75, 3.05) is 13.2 Å². The summed E-state index contributed by atoms with van der Waals surface area (Å²) >= 11 is 0. The van der Waals surface area contributed by atoms with Gasteiger partial charge in [-0.2, -0.15) is 0 Å². The van der Waals surface area contributed by atoms with E-state index in [4.69, 9.17) is 14.2 Å². The molecule has 2 unspecified atom stereocenters. The molecule has 0 bridgehead atoms. The maximum Gasteiger partial charge on any atom is 0.343 e. The van der Waals surface area contributed by atoms with Gasteiger partial charge < -0.3 is 14.2 Å². The van der Waals surface area contributed by atoms with Crippen LogP contribution < -0.4 is 14.2 Å². The van der Waals surface area contributed by atoms with Gasteiger partial charge in [-0.1, -0.05) is 123 Å². The number of hydrogen-bond donors (Lipinski definition) is 0. The quantitative estimate of drug-likeness (QED) is 0.0731. The SMILES string of the molecule is CCCCCCCCCCOc1ccc(C(=O)Oc2ccc(OCCCC3CCCCC3CCCCCCC)cc2)cc1. The van der Waals surface area contributed by atoms with E-state index < -0.39 is 0 Å². The summed E-state index contributed by atoms with van der Waals surface area (Å²) in [7, 11) is 0. The Morgan fingerprint density at radius 3 is 1.58 bits per heavy atom. The van der Waals surface area contributed by atoms with Crippen LogP contribution in [0.25, 0.3) is 0 Å². The van der Waals surface area contributed by atoms with Gasteiger partial charge in [-0.15, -0.1) is 0 Å². The Hall–Kier alpha value is -2.49. The number of rotatable bonds is 23. The molecule has 0 saturated heterocycles. The average Bonchev–Trinajstić information content (AvgIpc) is 3.04. The fourth-order valence-electron chi connectivity index (χ4n) is 6.47. The molecule has 1 aliphatic rings. The van der Waals surface area contributed by atoms with Crippen LogP contribution in [-0.4, -0.2) is 19.2 Å². The first-order chi connectivity index (χ1) is 21.2. The van der Waals surface area contributed by atoms with E-state index in [1.165, 1.54) is 116 Å². The molecule has 4 nitrogen and oxygen atoms in total. The van der Waals surface area contributed by atoms with Gasteiger partial charge >= 0.3 is 5.97 Å². The number of carbonyl (C=O) groups excluding carboxylic acids is 1. The molecule has 0 radical (unpaired) electrons. The van der Waals surface area contributed by atoms with Crippen LogP contribution in [0, 0.1) is 11.8 Å². The lowest BCUT2D eigenvalue weighted by atomic mass is 9.74. The second-order valence-electron chi connectivity index (χ2n) is 12.7. The Morgan fingerprint density at radius 1 is 0.558 bits per heavy atom. The van der Waals surface area contributed by atoms with Crippen molar-refractivity contribution in [3.63, 3.8) is 0 Å². The number of esters is 1. The largest absolute Gasteiger partial charge is 0.494 e. The van der Waals surface area contributed by atoms with Crippen molar-refractivity contribution in [3.8, 4) is 17.2 Å². The van der Waals surface area contributed by atoms with Gasteiger partial charge in [0, 0.05) is 0 Å². The van der Waals surface area contributed by atoms with Gasteiger partial charge in [0.05, 0.1) is 18.8 Å². The topological polar surface area (TPSA) is 44.8 Å². The molecule has 0 N–H and O–H groups in total.